The number of hydrogen-bond acceptors (Lipinski definition) is 9. The van der Waals surface area contributed by atoms with E-state index >= 15 is 0 Å². The van der Waals surface area contributed by atoms with Gasteiger partial charge in [0, 0.05) is 18.3 Å². The maximum absolute atomic E-state index is 6.31. The van der Waals surface area contributed by atoms with Crippen LogP contribution in [0.4, 0.5) is 11.5 Å². The topological polar surface area (TPSA) is 111 Å². The molecule has 3 N–H and O–H groups in total. The molecule has 0 radical (unpaired) electrons. The fraction of sp³-hybridized carbons (Fsp3) is 0.304. The van der Waals surface area contributed by atoms with Crippen LogP contribution in [0.15, 0.2) is 41.7 Å². The summed E-state index contributed by atoms with van der Waals surface area (Å²) in [5.74, 6) is 2.62. The number of ether oxygens (including phenoxy) is 2. The van der Waals surface area contributed by atoms with E-state index in [2.05, 4.69) is 25.2 Å². The van der Waals surface area contributed by atoms with E-state index in [9.17, 15) is 0 Å². The number of aromatic nitrogens is 3. The maximum Gasteiger partial charge on any atom is 0.231 e. The molecule has 0 bridgehead atoms. The van der Waals surface area contributed by atoms with Gasteiger partial charge in [-0.05, 0) is 50.2 Å². The molecular formula is C23H23N7O2S. The first-order valence-electron chi connectivity index (χ1n) is 11.0. The molecule has 9 nitrogen and oxygen atoms in total. The third-order valence-electron chi connectivity index (χ3n) is 5.91. The van der Waals surface area contributed by atoms with Gasteiger partial charge in [-0.3, -0.25) is 4.99 Å². The van der Waals surface area contributed by atoms with E-state index in [0.29, 0.717) is 23.9 Å². The zero-order valence-electron chi connectivity index (χ0n) is 18.0. The minimum absolute atomic E-state index is 0.237. The van der Waals surface area contributed by atoms with E-state index in [1.54, 1.807) is 6.33 Å². The molecule has 0 saturated carbocycles. The standard InChI is InChI=1S/C23H23N7O2S/c24-21(25-7-10-30-8-1-2-9-30)23-29-16-5-4-15-19(20(16)33-23)22(27-12-26-15)28-14-3-6-17-18(11-14)32-13-31-17/h3-6,11-12H,1-2,7-10,13H2,(H2,24,25)(H,26,27,28). The van der Waals surface area contributed by atoms with Crippen LogP contribution in [-0.2, 0) is 0 Å². The van der Waals surface area contributed by atoms with Crippen LogP contribution < -0.4 is 20.5 Å². The van der Waals surface area contributed by atoms with Crippen LogP contribution in [0.2, 0.25) is 0 Å². The van der Waals surface area contributed by atoms with Crippen molar-refractivity contribution < 1.29 is 9.47 Å². The number of likely N-dealkylation sites (tertiary alicyclic amines) is 1. The van der Waals surface area contributed by atoms with Crippen molar-refractivity contribution in [2.75, 3.05) is 38.3 Å². The first-order chi connectivity index (χ1) is 16.2. The number of thiazole rings is 1. The summed E-state index contributed by atoms with van der Waals surface area (Å²) in [6.07, 6.45) is 4.10. The number of fused-ring (bicyclic) bond motifs is 4. The van der Waals surface area contributed by atoms with Gasteiger partial charge in [-0.15, -0.1) is 11.3 Å². The monoisotopic (exact) mass is 461 g/mol. The summed E-state index contributed by atoms with van der Waals surface area (Å²) in [4.78, 5) is 20.7. The highest BCUT2D eigenvalue weighted by atomic mass is 32.1. The molecule has 0 unspecified atom stereocenters. The van der Waals surface area contributed by atoms with E-state index in [0.717, 1.165) is 57.2 Å². The predicted octanol–water partition coefficient (Wildman–Crippen LogP) is 3.51. The Kier molecular flexibility index (Phi) is 5.16. The largest absolute Gasteiger partial charge is 0.454 e. The number of anilines is 2. The molecule has 33 heavy (non-hydrogen) atoms. The second kappa shape index (κ2) is 8.45. The number of hydrogen-bond donors (Lipinski definition) is 2. The van der Waals surface area contributed by atoms with Gasteiger partial charge in [0.2, 0.25) is 6.79 Å². The van der Waals surface area contributed by atoms with Gasteiger partial charge >= 0.3 is 0 Å². The molecule has 168 valence electrons. The molecule has 2 aliphatic heterocycles. The number of rotatable bonds is 6. The Morgan fingerprint density at radius 2 is 1.94 bits per heavy atom. The summed E-state index contributed by atoms with van der Waals surface area (Å²) < 4.78 is 11.9. The molecule has 0 amide bonds. The van der Waals surface area contributed by atoms with Crippen LogP contribution in [0, 0.1) is 0 Å². The molecule has 0 atom stereocenters. The Morgan fingerprint density at radius 1 is 1.09 bits per heavy atom. The number of benzene rings is 2. The first-order valence-corrected chi connectivity index (χ1v) is 11.8. The Morgan fingerprint density at radius 3 is 2.85 bits per heavy atom. The Balaban J connectivity index is 1.32. The van der Waals surface area contributed by atoms with Crippen LogP contribution in [0.25, 0.3) is 21.1 Å². The zero-order valence-corrected chi connectivity index (χ0v) is 18.8. The van der Waals surface area contributed by atoms with Crippen molar-refractivity contribution >= 4 is 49.8 Å². The van der Waals surface area contributed by atoms with Gasteiger partial charge < -0.3 is 25.4 Å². The van der Waals surface area contributed by atoms with Crippen LogP contribution in [0.1, 0.15) is 17.8 Å². The molecule has 10 heteroatoms. The summed E-state index contributed by atoms with van der Waals surface area (Å²) >= 11 is 1.52. The van der Waals surface area contributed by atoms with Gasteiger partial charge in [0.1, 0.15) is 12.1 Å². The molecule has 2 aromatic carbocycles. The third kappa shape index (κ3) is 3.91. The first kappa shape index (κ1) is 20.1. The average molecular weight is 462 g/mol. The Hall–Kier alpha value is -3.50. The maximum atomic E-state index is 6.31. The molecule has 0 spiro atoms. The quantitative estimate of drug-likeness (QED) is 0.332. The number of aliphatic imine (C=N–C) groups is 1. The van der Waals surface area contributed by atoms with Crippen LogP contribution >= 0.6 is 11.3 Å². The van der Waals surface area contributed by atoms with E-state index in [1.165, 1.54) is 24.2 Å². The predicted molar refractivity (Wildman–Crippen MR) is 130 cm³/mol. The van der Waals surface area contributed by atoms with Crippen molar-refractivity contribution in [3.05, 3.63) is 41.7 Å². The molecule has 4 heterocycles. The average Bonchev–Trinajstić information content (AvgIpc) is 3.59. The lowest BCUT2D eigenvalue weighted by molar-refractivity contribution is 0.174. The zero-order chi connectivity index (χ0) is 22.2. The summed E-state index contributed by atoms with van der Waals surface area (Å²) in [7, 11) is 0. The van der Waals surface area contributed by atoms with Crippen molar-refractivity contribution in [1.29, 1.82) is 0 Å². The molecular weight excluding hydrogens is 438 g/mol. The van der Waals surface area contributed by atoms with E-state index in [-0.39, 0.29) is 6.79 Å². The highest BCUT2D eigenvalue weighted by molar-refractivity contribution is 7.21. The van der Waals surface area contributed by atoms with Crippen LogP contribution in [0.3, 0.4) is 0 Å². The smallest absolute Gasteiger partial charge is 0.231 e. The highest BCUT2D eigenvalue weighted by Gasteiger charge is 2.17. The molecule has 4 aromatic rings. The van der Waals surface area contributed by atoms with Crippen molar-refractivity contribution in [3.8, 4) is 11.5 Å². The summed E-state index contributed by atoms with van der Waals surface area (Å²) in [5, 5.41) is 5.02. The lowest BCUT2D eigenvalue weighted by Gasteiger charge is -2.11. The summed E-state index contributed by atoms with van der Waals surface area (Å²) in [6, 6.07) is 9.64. The SMILES string of the molecule is NC(=NCCN1CCCC1)c1nc2ccc3ncnc(Nc4ccc5c(c4)OCO5)c3c2s1. The minimum Gasteiger partial charge on any atom is -0.454 e. The fourth-order valence-electron chi connectivity index (χ4n) is 4.23. The fourth-order valence-corrected chi connectivity index (χ4v) is 5.26. The molecule has 0 aliphatic carbocycles. The van der Waals surface area contributed by atoms with Gasteiger partial charge in [-0.2, -0.15) is 0 Å². The van der Waals surface area contributed by atoms with Gasteiger partial charge in [0.05, 0.1) is 27.7 Å². The number of nitrogens with zero attached hydrogens (tertiary/aromatic N) is 5. The Labute approximate surface area is 194 Å². The van der Waals surface area contributed by atoms with Crippen molar-refractivity contribution in [1.82, 2.24) is 19.9 Å². The third-order valence-corrected chi connectivity index (χ3v) is 7.02. The van der Waals surface area contributed by atoms with Crippen molar-refractivity contribution in [3.63, 3.8) is 0 Å². The van der Waals surface area contributed by atoms with E-state index in [4.69, 9.17) is 20.2 Å². The number of nitrogens with two attached hydrogens (primary N) is 1. The summed E-state index contributed by atoms with van der Waals surface area (Å²) in [6.45, 7) is 4.17. The molecule has 1 fully saturated rings. The molecule has 1 saturated heterocycles. The van der Waals surface area contributed by atoms with Gasteiger partial charge in [0.25, 0.3) is 0 Å². The number of nitrogens with one attached hydrogen (secondary N) is 1. The van der Waals surface area contributed by atoms with Gasteiger partial charge in [-0.25, -0.2) is 15.0 Å². The molecule has 2 aliphatic rings. The summed E-state index contributed by atoms with van der Waals surface area (Å²) in [5.41, 5.74) is 8.84. The second-order valence-corrected chi connectivity index (χ2v) is 9.06. The van der Waals surface area contributed by atoms with Crippen molar-refractivity contribution in [2.24, 2.45) is 10.7 Å². The van der Waals surface area contributed by atoms with Crippen LogP contribution in [-0.4, -0.2) is 58.7 Å². The molecule has 6 rings (SSSR count). The highest BCUT2D eigenvalue weighted by Crippen LogP contribution is 2.37. The number of amidine groups is 1. The lowest BCUT2D eigenvalue weighted by Crippen LogP contribution is -2.24. The van der Waals surface area contributed by atoms with E-state index < -0.39 is 0 Å². The van der Waals surface area contributed by atoms with E-state index in [1.807, 2.05) is 30.3 Å². The van der Waals surface area contributed by atoms with Crippen LogP contribution in [0.5, 0.6) is 11.5 Å². The normalized spacial score (nSPS) is 16.2. The minimum atomic E-state index is 0.237. The Bertz CT molecular complexity index is 1360. The van der Waals surface area contributed by atoms with Gasteiger partial charge in [0.15, 0.2) is 22.3 Å². The molecule has 2 aromatic heterocycles. The van der Waals surface area contributed by atoms with Crippen molar-refractivity contribution in [2.45, 2.75) is 12.8 Å². The van der Waals surface area contributed by atoms with Gasteiger partial charge in [-0.1, -0.05) is 0 Å². The lowest BCUT2D eigenvalue weighted by atomic mass is 10.2. The second-order valence-electron chi connectivity index (χ2n) is 8.06.